The van der Waals surface area contributed by atoms with Gasteiger partial charge in [0.05, 0.1) is 17.2 Å². The van der Waals surface area contributed by atoms with E-state index in [0.29, 0.717) is 27.1 Å². The van der Waals surface area contributed by atoms with Crippen LogP contribution in [0.2, 0.25) is 15.3 Å². The summed E-state index contributed by atoms with van der Waals surface area (Å²) in [5.74, 6) is 0. The smallest absolute Gasteiger partial charge is 0.166 e. The number of hydrogen-bond acceptors (Lipinski definition) is 3. The van der Waals surface area contributed by atoms with Crippen LogP contribution in [0.4, 0.5) is 0 Å². The maximum Gasteiger partial charge on any atom is 0.166 e. The maximum atomic E-state index is 9.01. The zero-order chi connectivity index (χ0) is 18.3. The molecule has 0 unspecified atom stereocenters. The topological polar surface area (TPSA) is 54.0 Å². The highest BCUT2D eigenvalue weighted by molar-refractivity contribution is 6.33. The van der Waals surface area contributed by atoms with Gasteiger partial charge in [-0.05, 0) is 29.8 Å². The van der Waals surface area contributed by atoms with Crippen molar-refractivity contribution in [1.82, 2.24) is 14.6 Å². The van der Waals surface area contributed by atoms with Crippen LogP contribution >= 0.6 is 34.8 Å². The van der Waals surface area contributed by atoms with Crippen LogP contribution in [0.3, 0.4) is 0 Å². The van der Waals surface area contributed by atoms with Crippen molar-refractivity contribution in [3.63, 3.8) is 0 Å². The molecule has 2 aromatic carbocycles. The third-order valence-electron chi connectivity index (χ3n) is 3.93. The van der Waals surface area contributed by atoms with E-state index in [1.807, 2.05) is 24.3 Å². The molecule has 0 bridgehead atoms. The predicted molar refractivity (Wildman–Crippen MR) is 104 cm³/mol. The average molecular weight is 400 g/mol. The molecule has 0 aliphatic heterocycles. The molecule has 2 aromatic heterocycles. The minimum Gasteiger partial charge on any atom is -0.216 e. The number of nitrogens with zero attached hydrogens (tertiary/aromatic N) is 4. The van der Waals surface area contributed by atoms with Gasteiger partial charge in [-0.25, -0.2) is 9.50 Å². The van der Waals surface area contributed by atoms with Crippen LogP contribution in [0.5, 0.6) is 0 Å². The first kappa shape index (κ1) is 16.9. The third kappa shape index (κ3) is 2.91. The first-order valence-electron chi connectivity index (χ1n) is 7.58. The third-order valence-corrected chi connectivity index (χ3v) is 4.65. The van der Waals surface area contributed by atoms with E-state index >= 15 is 0 Å². The fourth-order valence-electron chi connectivity index (χ4n) is 2.74. The molecule has 0 aliphatic carbocycles. The minimum absolute atomic E-state index is 0.281. The summed E-state index contributed by atoms with van der Waals surface area (Å²) in [4.78, 5) is 4.41. The van der Waals surface area contributed by atoms with E-state index in [0.717, 1.165) is 16.7 Å². The van der Waals surface area contributed by atoms with Gasteiger partial charge in [-0.1, -0.05) is 59.1 Å². The van der Waals surface area contributed by atoms with Gasteiger partial charge in [-0.15, -0.1) is 0 Å². The lowest BCUT2D eigenvalue weighted by Crippen LogP contribution is -1.92. The SMILES string of the molecule is N#Cc1ccc(-c2nn3c(Cl)cc(Cl)nc3c2-c2ccc(Cl)cc2)cc1. The first-order chi connectivity index (χ1) is 12.6. The number of fused-ring (bicyclic) bond motifs is 1. The van der Waals surface area contributed by atoms with Gasteiger partial charge in [0.2, 0.25) is 0 Å². The lowest BCUT2D eigenvalue weighted by atomic mass is 10.0. The Hall–Kier alpha value is -2.58. The first-order valence-corrected chi connectivity index (χ1v) is 8.71. The number of benzene rings is 2. The quantitative estimate of drug-likeness (QED) is 0.395. The van der Waals surface area contributed by atoms with Gasteiger partial charge >= 0.3 is 0 Å². The summed E-state index contributed by atoms with van der Waals surface area (Å²) in [7, 11) is 0. The van der Waals surface area contributed by atoms with Crippen LogP contribution in [0.1, 0.15) is 5.56 Å². The fourth-order valence-corrected chi connectivity index (χ4v) is 3.33. The molecule has 0 amide bonds. The number of halogens is 3. The molecule has 0 spiro atoms. The minimum atomic E-state index is 0.281. The normalized spacial score (nSPS) is 10.8. The summed E-state index contributed by atoms with van der Waals surface area (Å²) in [6.45, 7) is 0. The number of hydrogen-bond donors (Lipinski definition) is 0. The molecule has 4 aromatic rings. The molecule has 0 N–H and O–H groups in total. The highest BCUT2D eigenvalue weighted by atomic mass is 35.5. The largest absolute Gasteiger partial charge is 0.216 e. The standard InChI is InChI=1S/C19H9Cl3N4/c20-14-7-5-12(6-8-14)17-18(13-3-1-11(10-23)2-4-13)25-26-16(22)9-15(21)24-19(17)26/h1-9H. The Morgan fingerprint density at radius 3 is 2.19 bits per heavy atom. The van der Waals surface area contributed by atoms with Crippen molar-refractivity contribution in [2.24, 2.45) is 0 Å². The number of rotatable bonds is 2. The molecule has 4 rings (SSSR count). The second-order valence-electron chi connectivity index (χ2n) is 5.56. The monoisotopic (exact) mass is 398 g/mol. The van der Waals surface area contributed by atoms with Gasteiger partial charge in [0, 0.05) is 16.7 Å². The zero-order valence-electron chi connectivity index (χ0n) is 13.1. The molecule has 0 radical (unpaired) electrons. The van der Waals surface area contributed by atoms with Crippen molar-refractivity contribution in [2.75, 3.05) is 0 Å². The van der Waals surface area contributed by atoms with E-state index in [4.69, 9.17) is 40.1 Å². The van der Waals surface area contributed by atoms with E-state index in [2.05, 4.69) is 16.2 Å². The molecule has 2 heterocycles. The van der Waals surface area contributed by atoms with Gasteiger partial charge in [0.25, 0.3) is 0 Å². The van der Waals surface area contributed by atoms with E-state index in [-0.39, 0.29) is 5.15 Å². The Morgan fingerprint density at radius 1 is 0.885 bits per heavy atom. The summed E-state index contributed by atoms with van der Waals surface area (Å²) in [5, 5.41) is 14.9. The Labute approximate surface area is 164 Å². The van der Waals surface area contributed by atoms with Gasteiger partial charge in [0.1, 0.15) is 16.0 Å². The number of aromatic nitrogens is 3. The fraction of sp³-hybridized carbons (Fsp3) is 0. The number of nitriles is 1. The Balaban J connectivity index is 2.05. The van der Waals surface area contributed by atoms with Crippen LogP contribution in [0.15, 0.2) is 54.6 Å². The van der Waals surface area contributed by atoms with Crippen molar-refractivity contribution >= 4 is 40.4 Å². The predicted octanol–water partition coefficient (Wildman–Crippen LogP) is 5.90. The van der Waals surface area contributed by atoms with Crippen LogP contribution in [0.25, 0.3) is 28.0 Å². The Bertz CT molecular complexity index is 1160. The van der Waals surface area contributed by atoms with Crippen LogP contribution in [-0.2, 0) is 0 Å². The molecule has 126 valence electrons. The summed E-state index contributed by atoms with van der Waals surface area (Å²) in [6.07, 6.45) is 0. The molecule has 0 atom stereocenters. The molecule has 0 saturated heterocycles. The molecular weight excluding hydrogens is 391 g/mol. The van der Waals surface area contributed by atoms with Crippen LogP contribution in [-0.4, -0.2) is 14.6 Å². The highest BCUT2D eigenvalue weighted by Crippen LogP contribution is 2.36. The average Bonchev–Trinajstić information content (AvgIpc) is 3.02. The second-order valence-corrected chi connectivity index (χ2v) is 6.77. The Morgan fingerprint density at radius 2 is 1.54 bits per heavy atom. The van der Waals surface area contributed by atoms with Crippen molar-refractivity contribution < 1.29 is 0 Å². The van der Waals surface area contributed by atoms with E-state index in [1.165, 1.54) is 6.07 Å². The molecule has 4 nitrogen and oxygen atoms in total. The van der Waals surface area contributed by atoms with Gasteiger partial charge < -0.3 is 0 Å². The lowest BCUT2D eigenvalue weighted by Gasteiger charge is -2.04. The van der Waals surface area contributed by atoms with Crippen molar-refractivity contribution in [2.45, 2.75) is 0 Å². The van der Waals surface area contributed by atoms with Crippen LogP contribution in [0, 0.1) is 11.3 Å². The molecule has 0 saturated carbocycles. The van der Waals surface area contributed by atoms with Crippen molar-refractivity contribution in [1.29, 1.82) is 5.26 Å². The molecule has 7 heteroatoms. The summed E-state index contributed by atoms with van der Waals surface area (Å²) >= 11 is 18.4. The molecule has 0 fully saturated rings. The summed E-state index contributed by atoms with van der Waals surface area (Å²) in [5.41, 5.74) is 4.32. The Kier molecular flexibility index (Phi) is 4.29. The van der Waals surface area contributed by atoms with Crippen molar-refractivity contribution in [3.05, 3.63) is 75.5 Å². The molecule has 0 aliphatic rings. The lowest BCUT2D eigenvalue weighted by molar-refractivity contribution is 0.944. The van der Waals surface area contributed by atoms with Crippen molar-refractivity contribution in [3.8, 4) is 28.5 Å². The van der Waals surface area contributed by atoms with Crippen LogP contribution < -0.4 is 0 Å². The molecule has 26 heavy (non-hydrogen) atoms. The zero-order valence-corrected chi connectivity index (χ0v) is 15.4. The van der Waals surface area contributed by atoms with E-state index in [1.54, 1.807) is 28.8 Å². The summed E-state index contributed by atoms with van der Waals surface area (Å²) < 4.78 is 1.55. The van der Waals surface area contributed by atoms with Gasteiger partial charge in [0.15, 0.2) is 5.65 Å². The van der Waals surface area contributed by atoms with Gasteiger partial charge in [-0.3, -0.25) is 0 Å². The van der Waals surface area contributed by atoms with E-state index in [9.17, 15) is 0 Å². The second kappa shape index (κ2) is 6.62. The van der Waals surface area contributed by atoms with Gasteiger partial charge in [-0.2, -0.15) is 10.4 Å². The highest BCUT2D eigenvalue weighted by Gasteiger charge is 2.19. The molecular formula is C19H9Cl3N4. The summed E-state index contributed by atoms with van der Waals surface area (Å²) in [6, 6.07) is 18.2. The van der Waals surface area contributed by atoms with E-state index < -0.39 is 0 Å². The maximum absolute atomic E-state index is 9.01.